The molecule has 0 aliphatic heterocycles. The molecule has 0 heterocycles. The van der Waals surface area contributed by atoms with Gasteiger partial charge in [-0.25, -0.2) is 0 Å². The highest BCUT2D eigenvalue weighted by Crippen LogP contribution is 2.28. The van der Waals surface area contributed by atoms with Crippen molar-refractivity contribution in [1.29, 1.82) is 0 Å². The summed E-state index contributed by atoms with van der Waals surface area (Å²) < 4.78 is 0.481. The topological polar surface area (TPSA) is 69.2 Å². The van der Waals surface area contributed by atoms with E-state index in [0.717, 1.165) is 12.0 Å². The van der Waals surface area contributed by atoms with Gasteiger partial charge in [-0.05, 0) is 34.0 Å². The number of rotatable bonds is 3. The molecule has 1 aromatic rings. The van der Waals surface area contributed by atoms with Crippen molar-refractivity contribution in [1.82, 2.24) is 0 Å². The van der Waals surface area contributed by atoms with E-state index >= 15 is 0 Å². The van der Waals surface area contributed by atoms with Gasteiger partial charge >= 0.3 is 0 Å². The summed E-state index contributed by atoms with van der Waals surface area (Å²) >= 11 is 3.12. The summed E-state index contributed by atoms with van der Waals surface area (Å²) in [6, 6.07) is 4.83. The Morgan fingerprint density at radius 2 is 2.29 bits per heavy atom. The first kappa shape index (κ1) is 11.1. The maximum absolute atomic E-state index is 10.6. The van der Waals surface area contributed by atoms with Crippen LogP contribution in [-0.4, -0.2) is 4.92 Å². The molecule has 0 saturated carbocycles. The number of halogens is 1. The van der Waals surface area contributed by atoms with Gasteiger partial charge in [-0.1, -0.05) is 13.0 Å². The van der Waals surface area contributed by atoms with E-state index in [4.69, 9.17) is 5.73 Å². The second-order valence-electron chi connectivity index (χ2n) is 2.98. The number of hydrogen-bond acceptors (Lipinski definition) is 3. The largest absolute Gasteiger partial charge is 0.324 e. The summed E-state index contributed by atoms with van der Waals surface area (Å²) in [5, 5.41) is 10.6. The van der Waals surface area contributed by atoms with Gasteiger partial charge in [0.2, 0.25) is 0 Å². The molecular weight excluding hydrogens is 248 g/mol. The Morgan fingerprint density at radius 1 is 1.64 bits per heavy atom. The van der Waals surface area contributed by atoms with Crippen LogP contribution in [0.2, 0.25) is 0 Å². The van der Waals surface area contributed by atoms with Crippen molar-refractivity contribution in [2.45, 2.75) is 19.4 Å². The van der Waals surface area contributed by atoms with E-state index in [-0.39, 0.29) is 11.7 Å². The van der Waals surface area contributed by atoms with E-state index in [1.165, 1.54) is 6.07 Å². The van der Waals surface area contributed by atoms with Crippen LogP contribution in [0, 0.1) is 10.1 Å². The standard InChI is InChI=1S/C9H11BrN2O2/c1-2-8(11)6-3-4-7(10)9(5-6)12(13)14/h3-5,8H,2,11H2,1H3/t8-/m0/s1. The minimum atomic E-state index is -0.421. The molecule has 76 valence electrons. The fraction of sp³-hybridized carbons (Fsp3) is 0.333. The maximum Gasteiger partial charge on any atom is 0.283 e. The van der Waals surface area contributed by atoms with Crippen LogP contribution in [0.4, 0.5) is 5.69 Å². The summed E-state index contributed by atoms with van der Waals surface area (Å²) in [5.74, 6) is 0. The highest BCUT2D eigenvalue weighted by atomic mass is 79.9. The van der Waals surface area contributed by atoms with Crippen molar-refractivity contribution in [3.63, 3.8) is 0 Å². The summed E-state index contributed by atoms with van der Waals surface area (Å²) in [5.41, 5.74) is 6.63. The SMILES string of the molecule is CC[C@H](N)c1ccc(Br)c([N+](=O)[O-])c1. The molecule has 0 saturated heterocycles. The Balaban J connectivity index is 3.12. The third kappa shape index (κ3) is 2.30. The zero-order chi connectivity index (χ0) is 10.7. The summed E-state index contributed by atoms with van der Waals surface area (Å²) in [6.07, 6.45) is 0.763. The smallest absolute Gasteiger partial charge is 0.283 e. The molecule has 5 heteroatoms. The van der Waals surface area contributed by atoms with Crippen LogP contribution in [0.5, 0.6) is 0 Å². The van der Waals surface area contributed by atoms with Crippen molar-refractivity contribution >= 4 is 21.6 Å². The normalized spacial score (nSPS) is 12.5. The molecule has 4 nitrogen and oxygen atoms in total. The van der Waals surface area contributed by atoms with E-state index in [1.54, 1.807) is 12.1 Å². The molecular formula is C9H11BrN2O2. The van der Waals surface area contributed by atoms with Gasteiger partial charge in [0.1, 0.15) is 0 Å². The van der Waals surface area contributed by atoms with Gasteiger partial charge in [-0.3, -0.25) is 10.1 Å². The van der Waals surface area contributed by atoms with Crippen LogP contribution in [0.1, 0.15) is 24.9 Å². The summed E-state index contributed by atoms with van der Waals surface area (Å²) in [6.45, 7) is 1.94. The predicted molar refractivity (Wildman–Crippen MR) is 58.0 cm³/mol. The zero-order valence-corrected chi connectivity index (χ0v) is 9.32. The molecule has 0 aromatic heterocycles. The van der Waals surface area contributed by atoms with Crippen LogP contribution in [-0.2, 0) is 0 Å². The number of benzene rings is 1. The summed E-state index contributed by atoms with van der Waals surface area (Å²) in [7, 11) is 0. The average Bonchev–Trinajstić information content (AvgIpc) is 2.17. The van der Waals surface area contributed by atoms with Gasteiger partial charge in [0.25, 0.3) is 5.69 Å². The number of nitro groups is 1. The van der Waals surface area contributed by atoms with Crippen LogP contribution in [0.25, 0.3) is 0 Å². The van der Waals surface area contributed by atoms with Crippen molar-refractivity contribution < 1.29 is 4.92 Å². The Morgan fingerprint density at radius 3 is 2.79 bits per heavy atom. The molecule has 14 heavy (non-hydrogen) atoms. The molecule has 0 aliphatic carbocycles. The van der Waals surface area contributed by atoms with E-state index in [2.05, 4.69) is 15.9 Å². The molecule has 0 unspecified atom stereocenters. The molecule has 2 N–H and O–H groups in total. The van der Waals surface area contributed by atoms with Gasteiger partial charge in [0.05, 0.1) is 9.40 Å². The highest BCUT2D eigenvalue weighted by Gasteiger charge is 2.14. The van der Waals surface area contributed by atoms with E-state index in [1.807, 2.05) is 6.92 Å². The number of nitrogens with two attached hydrogens (primary N) is 1. The van der Waals surface area contributed by atoms with Gasteiger partial charge < -0.3 is 5.73 Å². The number of nitro benzene ring substituents is 1. The van der Waals surface area contributed by atoms with Crippen molar-refractivity contribution in [2.75, 3.05) is 0 Å². The van der Waals surface area contributed by atoms with Crippen molar-refractivity contribution in [3.8, 4) is 0 Å². The lowest BCUT2D eigenvalue weighted by Gasteiger charge is -2.08. The van der Waals surface area contributed by atoms with Crippen LogP contribution in [0.3, 0.4) is 0 Å². The number of nitrogens with zero attached hydrogens (tertiary/aromatic N) is 1. The minimum Gasteiger partial charge on any atom is -0.324 e. The minimum absolute atomic E-state index is 0.0615. The lowest BCUT2D eigenvalue weighted by molar-refractivity contribution is -0.385. The molecule has 0 aliphatic rings. The Labute approximate surface area is 90.4 Å². The fourth-order valence-corrected chi connectivity index (χ4v) is 1.53. The molecule has 0 radical (unpaired) electrons. The van der Waals surface area contributed by atoms with Gasteiger partial charge in [-0.2, -0.15) is 0 Å². The second-order valence-corrected chi connectivity index (χ2v) is 3.84. The molecule has 0 amide bonds. The van der Waals surface area contributed by atoms with E-state index in [9.17, 15) is 10.1 Å². The van der Waals surface area contributed by atoms with Crippen LogP contribution in [0.15, 0.2) is 22.7 Å². The second kappa shape index (κ2) is 4.52. The molecule has 0 fully saturated rings. The first-order valence-electron chi connectivity index (χ1n) is 4.25. The number of hydrogen-bond donors (Lipinski definition) is 1. The molecule has 1 atom stereocenters. The fourth-order valence-electron chi connectivity index (χ4n) is 1.14. The molecule has 1 rings (SSSR count). The van der Waals surface area contributed by atoms with Gasteiger partial charge in [0, 0.05) is 12.1 Å². The third-order valence-electron chi connectivity index (χ3n) is 2.03. The van der Waals surface area contributed by atoms with E-state index < -0.39 is 4.92 Å². The summed E-state index contributed by atoms with van der Waals surface area (Å²) in [4.78, 5) is 10.2. The first-order chi connectivity index (χ1) is 6.56. The van der Waals surface area contributed by atoms with Crippen molar-refractivity contribution in [2.24, 2.45) is 5.73 Å². The third-order valence-corrected chi connectivity index (χ3v) is 2.71. The quantitative estimate of drug-likeness (QED) is 0.670. The zero-order valence-electron chi connectivity index (χ0n) is 7.74. The molecule has 0 bridgehead atoms. The molecule has 1 aromatic carbocycles. The van der Waals surface area contributed by atoms with Gasteiger partial charge in [0.15, 0.2) is 0 Å². The van der Waals surface area contributed by atoms with Gasteiger partial charge in [-0.15, -0.1) is 0 Å². The average molecular weight is 259 g/mol. The predicted octanol–water partition coefficient (Wildman–Crippen LogP) is 2.77. The lowest BCUT2D eigenvalue weighted by Crippen LogP contribution is -2.08. The van der Waals surface area contributed by atoms with Crippen LogP contribution >= 0.6 is 15.9 Å². The highest BCUT2D eigenvalue weighted by molar-refractivity contribution is 9.10. The Kier molecular flexibility index (Phi) is 3.60. The Bertz CT molecular complexity index is 355. The first-order valence-corrected chi connectivity index (χ1v) is 5.05. The maximum atomic E-state index is 10.6. The monoisotopic (exact) mass is 258 g/mol. The van der Waals surface area contributed by atoms with Crippen LogP contribution < -0.4 is 5.73 Å². The lowest BCUT2D eigenvalue weighted by atomic mass is 10.1. The molecule has 0 spiro atoms. The Hall–Kier alpha value is -0.940. The van der Waals surface area contributed by atoms with E-state index in [0.29, 0.717) is 4.47 Å². The van der Waals surface area contributed by atoms with Crippen molar-refractivity contribution in [3.05, 3.63) is 38.3 Å².